The van der Waals surface area contributed by atoms with Gasteiger partial charge in [-0.25, -0.2) is 0 Å². The lowest BCUT2D eigenvalue weighted by Gasteiger charge is -2.05. The van der Waals surface area contributed by atoms with Crippen LogP contribution in [0.3, 0.4) is 0 Å². The van der Waals surface area contributed by atoms with Gasteiger partial charge in [0.1, 0.15) is 0 Å². The first kappa shape index (κ1) is 12.0. The zero-order valence-corrected chi connectivity index (χ0v) is 10.5. The van der Waals surface area contributed by atoms with Crippen molar-refractivity contribution >= 4 is 24.5 Å². The van der Waals surface area contributed by atoms with Gasteiger partial charge in [0.15, 0.2) is 0 Å². The van der Waals surface area contributed by atoms with E-state index in [-0.39, 0.29) is 0 Å². The Kier molecular flexibility index (Phi) is 6.23. The molecule has 0 N–H and O–H groups in total. The Bertz CT molecular complexity index is 260. The molecule has 0 saturated heterocycles. The highest BCUT2D eigenvalue weighted by molar-refractivity contribution is 7.75. The second kappa shape index (κ2) is 7.26. The predicted octanol–water partition coefficient (Wildman–Crippen LogP) is 4.27. The fourth-order valence-corrected chi connectivity index (χ4v) is 2.61. The van der Waals surface area contributed by atoms with Gasteiger partial charge in [-0.1, -0.05) is 61.7 Å². The smallest absolute Gasteiger partial charge is 0.00687 e. The van der Waals surface area contributed by atoms with Crippen molar-refractivity contribution in [2.45, 2.75) is 39.0 Å². The fourth-order valence-electron chi connectivity index (χ4n) is 1.57. The topological polar surface area (TPSA) is 0 Å². The van der Waals surface area contributed by atoms with Gasteiger partial charge in [0.2, 0.25) is 0 Å². The van der Waals surface area contributed by atoms with Crippen molar-refractivity contribution in [2.24, 2.45) is 0 Å². The molecule has 1 rings (SSSR count). The molecule has 0 nitrogen and oxygen atoms in total. The van der Waals surface area contributed by atoms with Crippen LogP contribution >= 0.6 is 19.2 Å². The number of hydrogen-bond acceptors (Lipinski definition) is 0. The molecule has 14 heavy (non-hydrogen) atoms. The van der Waals surface area contributed by atoms with Gasteiger partial charge in [-0.15, -0.1) is 0 Å². The van der Waals surface area contributed by atoms with Crippen LogP contribution < -0.4 is 5.30 Å². The Balaban J connectivity index is 2.41. The average Bonchev–Trinajstić information content (AvgIpc) is 2.25. The van der Waals surface area contributed by atoms with E-state index >= 15 is 0 Å². The molecular formula is C12H18ClP. The Labute approximate surface area is 93.6 Å². The van der Waals surface area contributed by atoms with Crippen LogP contribution in [0.25, 0.3) is 0 Å². The third-order valence-electron chi connectivity index (χ3n) is 2.42. The zero-order valence-electron chi connectivity index (χ0n) is 8.72. The van der Waals surface area contributed by atoms with E-state index in [2.05, 4.69) is 31.2 Å². The summed E-state index contributed by atoms with van der Waals surface area (Å²) in [5, 5.41) is 1.32. The standard InChI is InChI=1S/C12H18ClP/c1-2-3-4-5-8-11-9-6-7-10-12(11)14-13/h6-7,9-10,14H,2-5,8H2,1H3. The maximum atomic E-state index is 5.90. The highest BCUT2D eigenvalue weighted by atomic mass is 35.7. The van der Waals surface area contributed by atoms with E-state index < -0.39 is 0 Å². The minimum atomic E-state index is 0.413. The van der Waals surface area contributed by atoms with E-state index in [1.165, 1.54) is 43.0 Å². The Hall–Kier alpha value is -0.0600. The van der Waals surface area contributed by atoms with Gasteiger partial charge < -0.3 is 0 Å². The van der Waals surface area contributed by atoms with E-state index in [1.807, 2.05) is 0 Å². The normalized spacial score (nSPS) is 11.3. The lowest BCUT2D eigenvalue weighted by atomic mass is 10.1. The average molecular weight is 229 g/mol. The van der Waals surface area contributed by atoms with Crippen LogP contribution in [-0.2, 0) is 6.42 Å². The van der Waals surface area contributed by atoms with E-state index in [9.17, 15) is 0 Å². The summed E-state index contributed by atoms with van der Waals surface area (Å²) in [6.07, 6.45) is 6.49. The molecule has 0 aliphatic carbocycles. The van der Waals surface area contributed by atoms with Gasteiger partial charge in [-0.05, 0) is 23.7 Å². The molecule has 0 aromatic heterocycles. The van der Waals surface area contributed by atoms with Crippen LogP contribution in [0, 0.1) is 0 Å². The monoisotopic (exact) mass is 228 g/mol. The Morgan fingerprint density at radius 3 is 2.64 bits per heavy atom. The highest BCUT2D eigenvalue weighted by Gasteiger charge is 1.99. The van der Waals surface area contributed by atoms with E-state index in [4.69, 9.17) is 11.2 Å². The van der Waals surface area contributed by atoms with E-state index in [1.54, 1.807) is 0 Å². The van der Waals surface area contributed by atoms with Crippen LogP contribution in [0.2, 0.25) is 0 Å². The van der Waals surface area contributed by atoms with Crippen LogP contribution in [0.4, 0.5) is 0 Å². The molecule has 0 bridgehead atoms. The van der Waals surface area contributed by atoms with E-state index in [0.717, 1.165) is 0 Å². The van der Waals surface area contributed by atoms with Gasteiger partial charge in [0, 0.05) is 7.93 Å². The second-order valence-electron chi connectivity index (χ2n) is 3.56. The number of unbranched alkanes of at least 4 members (excludes halogenated alkanes) is 3. The Morgan fingerprint density at radius 2 is 1.93 bits per heavy atom. The maximum absolute atomic E-state index is 5.90. The summed E-state index contributed by atoms with van der Waals surface area (Å²) < 4.78 is 0. The third kappa shape index (κ3) is 3.98. The summed E-state index contributed by atoms with van der Waals surface area (Å²) in [6, 6.07) is 8.52. The summed E-state index contributed by atoms with van der Waals surface area (Å²) in [7, 11) is 0.413. The van der Waals surface area contributed by atoms with Crippen LogP contribution in [-0.4, -0.2) is 0 Å². The number of aryl methyl sites for hydroxylation is 1. The molecule has 0 amide bonds. The largest absolute Gasteiger partial charge is 0.0948 e. The molecule has 0 aliphatic heterocycles. The predicted molar refractivity (Wildman–Crippen MR) is 68.1 cm³/mol. The van der Waals surface area contributed by atoms with Gasteiger partial charge in [-0.2, -0.15) is 0 Å². The van der Waals surface area contributed by atoms with Crippen molar-refractivity contribution in [1.82, 2.24) is 0 Å². The first-order valence-electron chi connectivity index (χ1n) is 5.33. The molecule has 0 radical (unpaired) electrons. The summed E-state index contributed by atoms with van der Waals surface area (Å²) in [5.41, 5.74) is 1.44. The van der Waals surface area contributed by atoms with Crippen molar-refractivity contribution in [3.8, 4) is 0 Å². The molecule has 2 heteroatoms. The number of hydrogen-bond donors (Lipinski definition) is 0. The van der Waals surface area contributed by atoms with Crippen LogP contribution in [0.1, 0.15) is 38.2 Å². The van der Waals surface area contributed by atoms with Gasteiger partial charge in [-0.3, -0.25) is 0 Å². The SMILES string of the molecule is CCCCCCc1ccccc1PCl. The van der Waals surface area contributed by atoms with Crippen molar-refractivity contribution < 1.29 is 0 Å². The second-order valence-corrected chi connectivity index (χ2v) is 4.86. The Morgan fingerprint density at radius 1 is 1.14 bits per heavy atom. The zero-order chi connectivity index (χ0) is 10.2. The van der Waals surface area contributed by atoms with Crippen molar-refractivity contribution in [2.75, 3.05) is 0 Å². The third-order valence-corrected chi connectivity index (χ3v) is 3.72. The van der Waals surface area contributed by atoms with Gasteiger partial charge >= 0.3 is 0 Å². The van der Waals surface area contributed by atoms with Gasteiger partial charge in [0.25, 0.3) is 0 Å². The molecule has 78 valence electrons. The number of benzene rings is 1. The molecule has 0 aliphatic rings. The quantitative estimate of drug-likeness (QED) is 0.504. The highest BCUT2D eigenvalue weighted by Crippen LogP contribution is 2.19. The van der Waals surface area contributed by atoms with Crippen molar-refractivity contribution in [1.29, 1.82) is 0 Å². The first-order chi connectivity index (χ1) is 6.88. The summed E-state index contributed by atoms with van der Waals surface area (Å²) in [6.45, 7) is 2.24. The maximum Gasteiger partial charge on any atom is 0.00687 e. The van der Waals surface area contributed by atoms with Crippen molar-refractivity contribution in [3.63, 3.8) is 0 Å². The molecule has 0 saturated carbocycles. The first-order valence-corrected chi connectivity index (χ1v) is 7.34. The van der Waals surface area contributed by atoms with Crippen LogP contribution in [0.5, 0.6) is 0 Å². The van der Waals surface area contributed by atoms with E-state index in [0.29, 0.717) is 7.93 Å². The van der Waals surface area contributed by atoms with Crippen LogP contribution in [0.15, 0.2) is 24.3 Å². The molecule has 1 aromatic carbocycles. The lowest BCUT2D eigenvalue weighted by Crippen LogP contribution is -2.01. The molecule has 1 atom stereocenters. The van der Waals surface area contributed by atoms with Gasteiger partial charge in [0.05, 0.1) is 0 Å². The lowest BCUT2D eigenvalue weighted by molar-refractivity contribution is 0.668. The molecule has 1 aromatic rings. The minimum absolute atomic E-state index is 0.413. The fraction of sp³-hybridized carbons (Fsp3) is 0.500. The molecular weight excluding hydrogens is 211 g/mol. The summed E-state index contributed by atoms with van der Waals surface area (Å²) in [4.78, 5) is 0. The summed E-state index contributed by atoms with van der Waals surface area (Å²) in [5.74, 6) is 0. The number of rotatable bonds is 6. The molecule has 0 fully saturated rings. The molecule has 0 heterocycles. The number of halogens is 1. The molecule has 0 spiro atoms. The van der Waals surface area contributed by atoms with Crippen molar-refractivity contribution in [3.05, 3.63) is 29.8 Å². The minimum Gasteiger partial charge on any atom is -0.0948 e. The molecule has 1 unspecified atom stereocenters. The summed E-state index contributed by atoms with van der Waals surface area (Å²) >= 11 is 5.90.